The van der Waals surface area contributed by atoms with E-state index < -0.39 is 0 Å². The highest BCUT2D eigenvalue weighted by atomic mass is 32.1. The van der Waals surface area contributed by atoms with Crippen LogP contribution in [0.15, 0.2) is 6.20 Å². The first kappa shape index (κ1) is 9.50. The van der Waals surface area contributed by atoms with Crippen LogP contribution in [-0.2, 0) is 0 Å². The normalized spacial score (nSPS) is 26.4. The van der Waals surface area contributed by atoms with Gasteiger partial charge in [-0.05, 0) is 24.9 Å². The van der Waals surface area contributed by atoms with E-state index in [1.807, 2.05) is 6.92 Å². The molecule has 2 atom stereocenters. The summed E-state index contributed by atoms with van der Waals surface area (Å²) in [4.78, 5) is 12.1. The predicted octanol–water partition coefficient (Wildman–Crippen LogP) is -0.520. The van der Waals surface area contributed by atoms with Crippen molar-refractivity contribution in [3.05, 3.63) is 11.1 Å². The van der Waals surface area contributed by atoms with Gasteiger partial charge in [0.2, 0.25) is 0 Å². The fourth-order valence-electron chi connectivity index (χ4n) is 1.31. The van der Waals surface area contributed by atoms with E-state index >= 15 is 0 Å². The zero-order valence-electron chi connectivity index (χ0n) is 7.65. The maximum Gasteiger partial charge on any atom is 0.265 e. The quantitative estimate of drug-likeness (QED) is 0.616. The maximum atomic E-state index is 11.5. The molecule has 3 N–H and O–H groups in total. The van der Waals surface area contributed by atoms with Crippen LogP contribution in [0.4, 0.5) is 0 Å². The summed E-state index contributed by atoms with van der Waals surface area (Å²) in [7, 11) is 0. The van der Waals surface area contributed by atoms with Crippen molar-refractivity contribution in [2.24, 2.45) is 0 Å². The topological polar surface area (TPSA) is 78.9 Å². The second-order valence-corrected chi connectivity index (χ2v) is 4.02. The molecule has 0 saturated carbocycles. The van der Waals surface area contributed by atoms with Gasteiger partial charge >= 0.3 is 0 Å². The number of hydrogen-bond acceptors (Lipinski definition) is 6. The van der Waals surface area contributed by atoms with Crippen molar-refractivity contribution < 1.29 is 4.79 Å². The molecular weight excluding hydrogens is 202 g/mol. The predicted molar refractivity (Wildman–Crippen MR) is 51.5 cm³/mol. The molecule has 7 heteroatoms. The highest BCUT2D eigenvalue weighted by Gasteiger charge is 2.22. The lowest BCUT2D eigenvalue weighted by Crippen LogP contribution is -2.44. The van der Waals surface area contributed by atoms with Crippen molar-refractivity contribution in [1.29, 1.82) is 0 Å². The fourth-order valence-corrected chi connectivity index (χ4v) is 1.72. The molecule has 14 heavy (non-hydrogen) atoms. The van der Waals surface area contributed by atoms with Crippen molar-refractivity contribution >= 4 is 17.4 Å². The molecule has 1 aliphatic heterocycles. The Hall–Kier alpha value is -1.05. The van der Waals surface area contributed by atoms with Crippen LogP contribution in [0, 0.1) is 0 Å². The first-order valence-electron chi connectivity index (χ1n) is 4.35. The molecule has 0 aromatic carbocycles. The van der Waals surface area contributed by atoms with Crippen molar-refractivity contribution in [1.82, 2.24) is 25.8 Å². The van der Waals surface area contributed by atoms with Crippen molar-refractivity contribution in [2.75, 3.05) is 0 Å². The Bertz CT molecular complexity index is 314. The van der Waals surface area contributed by atoms with Crippen molar-refractivity contribution in [3.8, 4) is 0 Å². The number of rotatable bonds is 2. The molecule has 0 aliphatic carbocycles. The van der Waals surface area contributed by atoms with Gasteiger partial charge in [-0.3, -0.25) is 10.2 Å². The number of hydrogen-bond donors (Lipinski definition) is 3. The van der Waals surface area contributed by atoms with Crippen LogP contribution in [-0.4, -0.2) is 27.7 Å². The van der Waals surface area contributed by atoms with E-state index in [2.05, 4.69) is 25.8 Å². The standard InChI is InChI=1S/C7H11N5OS/c1-4-2-6(11-10-4)9-7(13)5-3-8-12-14-5/h3-4,6,10-11H,2H2,1H3,(H,9,13). The average molecular weight is 213 g/mol. The van der Waals surface area contributed by atoms with Gasteiger partial charge in [-0.2, -0.15) is 0 Å². The third-order valence-electron chi connectivity index (χ3n) is 1.98. The molecule has 1 fully saturated rings. The smallest absolute Gasteiger partial charge is 0.265 e. The maximum absolute atomic E-state index is 11.5. The van der Waals surface area contributed by atoms with E-state index in [0.717, 1.165) is 18.0 Å². The number of amides is 1. The molecule has 6 nitrogen and oxygen atoms in total. The third kappa shape index (κ3) is 2.06. The van der Waals surface area contributed by atoms with Gasteiger partial charge in [-0.25, -0.2) is 5.43 Å². The summed E-state index contributed by atoms with van der Waals surface area (Å²) in [6.07, 6.45) is 2.32. The molecule has 0 radical (unpaired) electrons. The van der Waals surface area contributed by atoms with Crippen LogP contribution >= 0.6 is 11.5 Å². The molecule has 1 amide bonds. The summed E-state index contributed by atoms with van der Waals surface area (Å²) >= 11 is 1.09. The Morgan fingerprint density at radius 1 is 1.71 bits per heavy atom. The largest absolute Gasteiger partial charge is 0.335 e. The Kier molecular flexibility index (Phi) is 2.71. The summed E-state index contributed by atoms with van der Waals surface area (Å²) < 4.78 is 3.63. The Balaban J connectivity index is 1.89. The van der Waals surface area contributed by atoms with E-state index in [0.29, 0.717) is 10.9 Å². The first-order chi connectivity index (χ1) is 6.75. The van der Waals surface area contributed by atoms with Crippen molar-refractivity contribution in [2.45, 2.75) is 25.6 Å². The zero-order chi connectivity index (χ0) is 9.97. The fraction of sp³-hybridized carbons (Fsp3) is 0.571. The van der Waals surface area contributed by atoms with Gasteiger partial charge in [0.25, 0.3) is 5.91 Å². The lowest BCUT2D eigenvalue weighted by atomic mass is 10.2. The zero-order valence-corrected chi connectivity index (χ0v) is 8.47. The van der Waals surface area contributed by atoms with Gasteiger partial charge in [0.05, 0.1) is 12.4 Å². The monoisotopic (exact) mass is 213 g/mol. The molecular formula is C7H11N5OS. The summed E-state index contributed by atoms with van der Waals surface area (Å²) in [6, 6.07) is 0.375. The minimum Gasteiger partial charge on any atom is -0.335 e. The number of nitrogens with one attached hydrogen (secondary N) is 3. The second-order valence-electron chi connectivity index (χ2n) is 3.23. The minimum absolute atomic E-state index is 0.0143. The molecule has 0 bridgehead atoms. The lowest BCUT2D eigenvalue weighted by Gasteiger charge is -2.09. The molecule has 2 heterocycles. The number of aromatic nitrogens is 2. The van der Waals surface area contributed by atoms with Gasteiger partial charge < -0.3 is 5.32 Å². The van der Waals surface area contributed by atoms with Crippen LogP contribution in [0.3, 0.4) is 0 Å². The van der Waals surface area contributed by atoms with E-state index in [4.69, 9.17) is 0 Å². The van der Waals surface area contributed by atoms with Gasteiger partial charge in [-0.1, -0.05) is 4.49 Å². The molecule has 2 unspecified atom stereocenters. The van der Waals surface area contributed by atoms with Gasteiger partial charge in [-0.15, -0.1) is 5.10 Å². The van der Waals surface area contributed by atoms with Crippen LogP contribution in [0.5, 0.6) is 0 Å². The summed E-state index contributed by atoms with van der Waals surface area (Å²) in [6.45, 7) is 2.05. The number of nitrogens with zero attached hydrogens (tertiary/aromatic N) is 2. The van der Waals surface area contributed by atoms with Crippen LogP contribution in [0.1, 0.15) is 23.0 Å². The van der Waals surface area contributed by atoms with Crippen LogP contribution < -0.4 is 16.2 Å². The molecule has 1 aromatic heterocycles. The van der Waals surface area contributed by atoms with E-state index in [-0.39, 0.29) is 12.1 Å². The van der Waals surface area contributed by atoms with Crippen molar-refractivity contribution in [3.63, 3.8) is 0 Å². The SMILES string of the molecule is CC1CC(NC(=O)c2cnns2)NN1. The average Bonchev–Trinajstić information content (AvgIpc) is 2.75. The summed E-state index contributed by atoms with van der Waals surface area (Å²) in [5, 5.41) is 6.43. The molecule has 1 aliphatic rings. The van der Waals surface area contributed by atoms with Gasteiger partial charge in [0.15, 0.2) is 0 Å². The lowest BCUT2D eigenvalue weighted by molar-refractivity contribution is 0.0936. The minimum atomic E-state index is -0.131. The molecule has 1 saturated heterocycles. The molecule has 0 spiro atoms. The Morgan fingerprint density at radius 2 is 2.57 bits per heavy atom. The Labute approximate surface area is 85.2 Å². The highest BCUT2D eigenvalue weighted by Crippen LogP contribution is 2.05. The second kappa shape index (κ2) is 3.99. The Morgan fingerprint density at radius 3 is 3.14 bits per heavy atom. The van der Waals surface area contributed by atoms with Gasteiger partial charge in [0.1, 0.15) is 4.88 Å². The number of carbonyl (C=O) groups excluding carboxylic acids is 1. The summed E-state index contributed by atoms with van der Waals surface area (Å²) in [5.41, 5.74) is 6.01. The molecule has 2 rings (SSSR count). The highest BCUT2D eigenvalue weighted by molar-refractivity contribution is 7.07. The van der Waals surface area contributed by atoms with Crippen LogP contribution in [0.2, 0.25) is 0 Å². The van der Waals surface area contributed by atoms with E-state index in [1.165, 1.54) is 6.20 Å². The van der Waals surface area contributed by atoms with Crippen LogP contribution in [0.25, 0.3) is 0 Å². The first-order valence-corrected chi connectivity index (χ1v) is 5.12. The number of carbonyl (C=O) groups is 1. The third-order valence-corrected chi connectivity index (χ3v) is 2.65. The summed E-state index contributed by atoms with van der Waals surface area (Å²) in [5.74, 6) is -0.131. The van der Waals surface area contributed by atoms with Gasteiger partial charge in [0, 0.05) is 6.04 Å². The van der Waals surface area contributed by atoms with E-state index in [1.54, 1.807) is 0 Å². The number of hydrazine groups is 1. The van der Waals surface area contributed by atoms with E-state index in [9.17, 15) is 4.79 Å². The molecule has 1 aromatic rings. The molecule has 76 valence electrons.